The van der Waals surface area contributed by atoms with Crippen molar-refractivity contribution in [1.82, 2.24) is 0 Å². The molecule has 124 valence electrons. The molecule has 4 aromatic rings. The Morgan fingerprint density at radius 3 is 2.40 bits per heavy atom. The molecule has 1 heteroatoms. The van der Waals surface area contributed by atoms with E-state index in [-0.39, 0.29) is 0 Å². The molecule has 0 saturated heterocycles. The van der Waals surface area contributed by atoms with Gasteiger partial charge in [-0.15, -0.1) is 6.58 Å². The average Bonchev–Trinajstić information content (AvgIpc) is 3.27. The van der Waals surface area contributed by atoms with Crippen molar-refractivity contribution in [2.24, 2.45) is 5.92 Å². The molecule has 0 N–H and O–H groups in total. The normalized spacial score (nSPS) is 16.1. The second-order valence-electron chi connectivity index (χ2n) is 6.62. The molecule has 25 heavy (non-hydrogen) atoms. The van der Waals surface area contributed by atoms with Gasteiger partial charge in [0.1, 0.15) is 0 Å². The Morgan fingerprint density at radius 2 is 1.64 bits per heavy atom. The average molecular weight is 326 g/mol. The summed E-state index contributed by atoms with van der Waals surface area (Å²) in [4.78, 5) is 0. The SMILES string of the molecule is C=CC1CCc2ccc3c(ccc4ccccc43)c2C1.c1ccoc1. The van der Waals surface area contributed by atoms with Crippen molar-refractivity contribution < 1.29 is 4.42 Å². The minimum absolute atomic E-state index is 0.638. The highest BCUT2D eigenvalue weighted by Gasteiger charge is 2.18. The minimum atomic E-state index is 0.638. The Hall–Kier alpha value is -2.80. The van der Waals surface area contributed by atoms with Crippen molar-refractivity contribution in [1.29, 1.82) is 0 Å². The molecule has 1 unspecified atom stereocenters. The Balaban J connectivity index is 0.000000272. The van der Waals surface area contributed by atoms with Gasteiger partial charge in [0.25, 0.3) is 0 Å². The maximum absolute atomic E-state index is 4.58. The predicted molar refractivity (Wildman–Crippen MR) is 106 cm³/mol. The third-order valence-corrected chi connectivity index (χ3v) is 5.14. The summed E-state index contributed by atoms with van der Waals surface area (Å²) in [6, 6.07) is 21.6. The van der Waals surface area contributed by atoms with Gasteiger partial charge in [-0.3, -0.25) is 0 Å². The summed E-state index contributed by atoms with van der Waals surface area (Å²) in [6.45, 7) is 3.99. The molecule has 0 fully saturated rings. The van der Waals surface area contributed by atoms with E-state index in [1.807, 2.05) is 12.1 Å². The number of aryl methyl sites for hydroxylation is 1. The second-order valence-corrected chi connectivity index (χ2v) is 6.62. The molecule has 1 aliphatic rings. The highest BCUT2D eigenvalue weighted by molar-refractivity contribution is 6.08. The molecule has 0 spiro atoms. The van der Waals surface area contributed by atoms with Gasteiger partial charge in [-0.2, -0.15) is 0 Å². The first-order valence-corrected chi connectivity index (χ1v) is 8.89. The van der Waals surface area contributed by atoms with Gasteiger partial charge in [-0.25, -0.2) is 0 Å². The van der Waals surface area contributed by atoms with Crippen LogP contribution in [-0.4, -0.2) is 0 Å². The molecular formula is C24H22O. The molecule has 0 aliphatic heterocycles. The lowest BCUT2D eigenvalue weighted by Crippen LogP contribution is -2.12. The fourth-order valence-corrected chi connectivity index (χ4v) is 3.80. The lowest BCUT2D eigenvalue weighted by Gasteiger charge is -2.24. The number of hydrogen-bond acceptors (Lipinski definition) is 1. The van der Waals surface area contributed by atoms with E-state index >= 15 is 0 Å². The lowest BCUT2D eigenvalue weighted by molar-refractivity contribution is 0.557. The van der Waals surface area contributed by atoms with E-state index in [1.54, 1.807) is 18.1 Å². The lowest BCUT2D eigenvalue weighted by atomic mass is 9.81. The van der Waals surface area contributed by atoms with E-state index in [0.29, 0.717) is 5.92 Å². The second kappa shape index (κ2) is 6.98. The van der Waals surface area contributed by atoms with Gasteiger partial charge < -0.3 is 4.42 Å². The zero-order valence-corrected chi connectivity index (χ0v) is 14.3. The van der Waals surface area contributed by atoms with Crippen LogP contribution in [0.2, 0.25) is 0 Å². The Kier molecular flexibility index (Phi) is 4.39. The van der Waals surface area contributed by atoms with Gasteiger partial charge in [0.2, 0.25) is 0 Å². The first-order valence-electron chi connectivity index (χ1n) is 8.89. The zero-order valence-electron chi connectivity index (χ0n) is 14.3. The summed E-state index contributed by atoms with van der Waals surface area (Å²) in [6.07, 6.45) is 8.96. The van der Waals surface area contributed by atoms with E-state index in [1.165, 1.54) is 39.9 Å². The predicted octanol–water partition coefficient (Wildman–Crippen LogP) is 6.56. The van der Waals surface area contributed by atoms with Gasteiger partial charge in [0, 0.05) is 0 Å². The number of rotatable bonds is 1. The summed E-state index contributed by atoms with van der Waals surface area (Å²) in [5, 5.41) is 5.53. The number of furan rings is 1. The van der Waals surface area contributed by atoms with Crippen LogP contribution in [0.15, 0.2) is 90.3 Å². The summed E-state index contributed by atoms with van der Waals surface area (Å²) in [7, 11) is 0. The fraction of sp³-hybridized carbons (Fsp3) is 0.167. The van der Waals surface area contributed by atoms with Gasteiger partial charge >= 0.3 is 0 Å². The largest absolute Gasteiger partial charge is 0.473 e. The topological polar surface area (TPSA) is 13.1 Å². The maximum Gasteiger partial charge on any atom is 0.0902 e. The van der Waals surface area contributed by atoms with Crippen molar-refractivity contribution in [3.8, 4) is 0 Å². The van der Waals surface area contributed by atoms with Crippen molar-refractivity contribution in [3.63, 3.8) is 0 Å². The van der Waals surface area contributed by atoms with Crippen LogP contribution >= 0.6 is 0 Å². The van der Waals surface area contributed by atoms with Crippen molar-refractivity contribution >= 4 is 21.5 Å². The van der Waals surface area contributed by atoms with Gasteiger partial charge in [-0.05, 0) is 70.0 Å². The van der Waals surface area contributed by atoms with Crippen molar-refractivity contribution in [2.75, 3.05) is 0 Å². The highest BCUT2D eigenvalue weighted by atomic mass is 16.3. The molecule has 1 heterocycles. The van der Waals surface area contributed by atoms with Crippen molar-refractivity contribution in [2.45, 2.75) is 19.3 Å². The quantitative estimate of drug-likeness (QED) is 0.285. The molecular weight excluding hydrogens is 304 g/mol. The van der Waals surface area contributed by atoms with Crippen LogP contribution in [-0.2, 0) is 12.8 Å². The monoisotopic (exact) mass is 326 g/mol. The fourth-order valence-electron chi connectivity index (χ4n) is 3.80. The molecule has 3 aromatic carbocycles. The molecule has 1 nitrogen and oxygen atoms in total. The molecule has 1 aliphatic carbocycles. The summed E-state index contributed by atoms with van der Waals surface area (Å²) >= 11 is 0. The third-order valence-electron chi connectivity index (χ3n) is 5.14. The van der Waals surface area contributed by atoms with E-state index in [9.17, 15) is 0 Å². The molecule has 1 aromatic heterocycles. The standard InChI is InChI=1S/C20H18.C4H4O/c1-2-14-7-8-16-10-11-18-17-6-4-3-5-15(17)9-12-19(18)20(16)13-14;1-2-4-5-3-1/h2-6,9-12,14H,1,7-8,13H2;1-4H. The molecule has 1 atom stereocenters. The van der Waals surface area contributed by atoms with Crippen molar-refractivity contribution in [3.05, 3.63) is 97.0 Å². The van der Waals surface area contributed by atoms with Crippen LogP contribution in [0.5, 0.6) is 0 Å². The van der Waals surface area contributed by atoms with E-state index < -0.39 is 0 Å². The zero-order chi connectivity index (χ0) is 17.1. The van der Waals surface area contributed by atoms with Crippen LogP contribution < -0.4 is 0 Å². The Labute approximate surface area is 148 Å². The van der Waals surface area contributed by atoms with Crippen LogP contribution in [0.4, 0.5) is 0 Å². The Bertz CT molecular complexity index is 978. The maximum atomic E-state index is 4.58. The van der Waals surface area contributed by atoms with E-state index in [2.05, 4.69) is 65.6 Å². The molecule has 0 radical (unpaired) electrons. The first kappa shape index (κ1) is 15.7. The molecule has 5 rings (SSSR count). The van der Waals surface area contributed by atoms with Gasteiger partial charge in [0.15, 0.2) is 0 Å². The number of hydrogen-bond donors (Lipinski definition) is 0. The summed E-state index contributed by atoms with van der Waals surface area (Å²) in [5.74, 6) is 0.638. The van der Waals surface area contributed by atoms with Gasteiger partial charge in [-0.1, -0.05) is 54.6 Å². The van der Waals surface area contributed by atoms with Gasteiger partial charge in [0.05, 0.1) is 12.5 Å². The number of benzene rings is 3. The molecule has 0 amide bonds. The van der Waals surface area contributed by atoms with Crippen LogP contribution in [0.1, 0.15) is 17.5 Å². The third kappa shape index (κ3) is 3.10. The summed E-state index contributed by atoms with van der Waals surface area (Å²) in [5.41, 5.74) is 3.08. The molecule has 0 bridgehead atoms. The number of allylic oxidation sites excluding steroid dienone is 1. The van der Waals surface area contributed by atoms with Crippen LogP contribution in [0.25, 0.3) is 21.5 Å². The summed E-state index contributed by atoms with van der Waals surface area (Å²) < 4.78 is 4.58. The minimum Gasteiger partial charge on any atom is -0.473 e. The van der Waals surface area contributed by atoms with E-state index in [4.69, 9.17) is 0 Å². The molecule has 0 saturated carbocycles. The number of fused-ring (bicyclic) bond motifs is 5. The Morgan fingerprint density at radius 1 is 0.840 bits per heavy atom. The first-order chi connectivity index (χ1) is 12.4. The van der Waals surface area contributed by atoms with Crippen LogP contribution in [0.3, 0.4) is 0 Å². The van der Waals surface area contributed by atoms with E-state index in [0.717, 1.165) is 6.42 Å². The highest BCUT2D eigenvalue weighted by Crippen LogP contribution is 2.35. The smallest absolute Gasteiger partial charge is 0.0902 e. The van der Waals surface area contributed by atoms with Crippen LogP contribution in [0, 0.1) is 5.92 Å².